The van der Waals surface area contributed by atoms with Gasteiger partial charge in [0.25, 0.3) is 0 Å². The lowest BCUT2D eigenvalue weighted by atomic mass is 9.91. The number of esters is 2. The number of halogens is 4. The average molecular weight is 358 g/mol. The first kappa shape index (κ1) is 22.3. The van der Waals surface area contributed by atoms with E-state index in [1.807, 2.05) is 0 Å². The van der Waals surface area contributed by atoms with Crippen LogP contribution in [0.15, 0.2) is 0 Å². The molecule has 0 aliphatic rings. The molecule has 0 aromatic carbocycles. The van der Waals surface area contributed by atoms with E-state index in [4.69, 9.17) is 4.74 Å². The summed E-state index contributed by atoms with van der Waals surface area (Å²) in [4.78, 5) is 33.7. The summed E-state index contributed by atoms with van der Waals surface area (Å²) in [7, 11) is 0. The largest absolute Gasteiger partial charge is 0.462 e. The Morgan fingerprint density at radius 2 is 1.29 bits per heavy atom. The summed E-state index contributed by atoms with van der Waals surface area (Å²) in [6, 6.07) is 0. The number of ketones is 1. The third kappa shape index (κ3) is 6.45. The fourth-order valence-electron chi connectivity index (χ4n) is 1.42. The molecule has 0 aliphatic carbocycles. The average Bonchev–Trinajstić information content (AvgIpc) is 2.48. The van der Waals surface area contributed by atoms with Crippen molar-refractivity contribution in [3.63, 3.8) is 0 Å². The number of hydrogen-bond donors (Lipinski definition) is 0. The minimum atomic E-state index is -4.53. The fraction of sp³-hybridized carbons (Fsp3) is 0.800. The van der Waals surface area contributed by atoms with Gasteiger partial charge in [-0.1, -0.05) is 13.8 Å². The van der Waals surface area contributed by atoms with Crippen molar-refractivity contribution in [2.24, 2.45) is 5.41 Å². The molecule has 0 saturated heterocycles. The maximum atomic E-state index is 13.4. The standard InChI is InChI=1S/C15H22F4O5/c1-5-10(20)14(16,17)9-15(18,19)12(22)24-8-7-23-11(21)13(3,4)6-2/h5-9H2,1-4H3. The van der Waals surface area contributed by atoms with Crippen LogP contribution in [0.4, 0.5) is 17.6 Å². The molecule has 0 radical (unpaired) electrons. The van der Waals surface area contributed by atoms with Crippen LogP contribution in [0.5, 0.6) is 0 Å². The molecule has 9 heteroatoms. The van der Waals surface area contributed by atoms with E-state index in [9.17, 15) is 31.9 Å². The molecule has 0 aromatic rings. The summed E-state index contributed by atoms with van der Waals surface area (Å²) in [6.07, 6.45) is -2.42. The number of hydrogen-bond acceptors (Lipinski definition) is 5. The Bertz CT molecular complexity index is 474. The van der Waals surface area contributed by atoms with E-state index < -0.39 is 61.0 Å². The van der Waals surface area contributed by atoms with Crippen LogP contribution in [0.25, 0.3) is 0 Å². The summed E-state index contributed by atoms with van der Waals surface area (Å²) < 4.78 is 62.2. The van der Waals surface area contributed by atoms with Crippen LogP contribution in [-0.2, 0) is 23.9 Å². The Labute approximate surface area is 137 Å². The van der Waals surface area contributed by atoms with Crippen molar-refractivity contribution in [2.45, 2.75) is 58.8 Å². The summed E-state index contributed by atoms with van der Waals surface area (Å²) in [6.45, 7) is 4.89. The molecule has 0 spiro atoms. The van der Waals surface area contributed by atoms with Crippen LogP contribution in [0.3, 0.4) is 0 Å². The summed E-state index contributed by atoms with van der Waals surface area (Å²) in [5, 5.41) is 0. The Balaban J connectivity index is 4.46. The molecule has 140 valence electrons. The van der Waals surface area contributed by atoms with Crippen molar-refractivity contribution in [3.05, 3.63) is 0 Å². The molecule has 0 fully saturated rings. The molecule has 0 aliphatic heterocycles. The minimum absolute atomic E-state index is 0.476. The second kappa shape index (κ2) is 8.43. The molecule has 0 N–H and O–H groups in total. The number of ether oxygens (including phenoxy) is 2. The van der Waals surface area contributed by atoms with Gasteiger partial charge in [-0.05, 0) is 20.3 Å². The van der Waals surface area contributed by atoms with Crippen LogP contribution < -0.4 is 0 Å². The van der Waals surface area contributed by atoms with Gasteiger partial charge >= 0.3 is 23.8 Å². The van der Waals surface area contributed by atoms with Gasteiger partial charge in [0.2, 0.25) is 5.78 Å². The molecule has 0 aromatic heterocycles. The van der Waals surface area contributed by atoms with E-state index in [0.29, 0.717) is 6.42 Å². The van der Waals surface area contributed by atoms with Crippen molar-refractivity contribution in [1.29, 1.82) is 0 Å². The normalized spacial score (nSPS) is 12.7. The molecule has 0 heterocycles. The first-order chi connectivity index (χ1) is 10.8. The molecular weight excluding hydrogens is 336 g/mol. The van der Waals surface area contributed by atoms with E-state index in [0.717, 1.165) is 6.92 Å². The third-order valence-corrected chi connectivity index (χ3v) is 3.46. The topological polar surface area (TPSA) is 69.7 Å². The van der Waals surface area contributed by atoms with Crippen molar-refractivity contribution >= 4 is 17.7 Å². The van der Waals surface area contributed by atoms with Crippen molar-refractivity contribution < 1.29 is 41.4 Å². The zero-order chi connectivity index (χ0) is 19.2. The SMILES string of the molecule is CCC(=O)C(F)(F)CC(F)(F)C(=O)OCCOC(=O)C(C)(C)CC. The molecule has 0 rings (SSSR count). The molecule has 0 unspecified atom stereocenters. The Hall–Kier alpha value is -1.67. The van der Waals surface area contributed by atoms with Gasteiger partial charge in [0, 0.05) is 6.42 Å². The van der Waals surface area contributed by atoms with Gasteiger partial charge in [-0.3, -0.25) is 9.59 Å². The Kier molecular flexibility index (Phi) is 7.85. The van der Waals surface area contributed by atoms with Gasteiger partial charge in [-0.15, -0.1) is 0 Å². The van der Waals surface area contributed by atoms with Crippen molar-refractivity contribution in [3.8, 4) is 0 Å². The van der Waals surface area contributed by atoms with Gasteiger partial charge < -0.3 is 9.47 Å². The van der Waals surface area contributed by atoms with Crippen molar-refractivity contribution in [1.82, 2.24) is 0 Å². The Morgan fingerprint density at radius 3 is 1.71 bits per heavy atom. The third-order valence-electron chi connectivity index (χ3n) is 3.46. The number of rotatable bonds is 10. The highest BCUT2D eigenvalue weighted by atomic mass is 19.3. The van der Waals surface area contributed by atoms with Crippen LogP contribution in [0, 0.1) is 5.41 Å². The lowest BCUT2D eigenvalue weighted by molar-refractivity contribution is -0.188. The van der Waals surface area contributed by atoms with Gasteiger partial charge in [-0.25, -0.2) is 4.79 Å². The maximum Gasteiger partial charge on any atom is 0.377 e. The fourth-order valence-corrected chi connectivity index (χ4v) is 1.42. The monoisotopic (exact) mass is 358 g/mol. The predicted molar refractivity (Wildman–Crippen MR) is 75.8 cm³/mol. The van der Waals surface area contributed by atoms with E-state index in [1.54, 1.807) is 20.8 Å². The predicted octanol–water partition coefficient (Wildman–Crippen LogP) is 3.15. The summed E-state index contributed by atoms with van der Waals surface area (Å²) in [5.74, 6) is -13.3. The van der Waals surface area contributed by atoms with Gasteiger partial charge in [0.15, 0.2) is 0 Å². The first-order valence-corrected chi connectivity index (χ1v) is 7.43. The van der Waals surface area contributed by atoms with E-state index >= 15 is 0 Å². The van der Waals surface area contributed by atoms with Crippen LogP contribution in [0.1, 0.15) is 47.0 Å². The van der Waals surface area contributed by atoms with Gasteiger partial charge in [0.05, 0.1) is 11.8 Å². The zero-order valence-corrected chi connectivity index (χ0v) is 14.1. The smallest absolute Gasteiger partial charge is 0.377 e. The lowest BCUT2D eigenvalue weighted by Gasteiger charge is -2.21. The molecule has 0 atom stereocenters. The second-order valence-corrected chi connectivity index (χ2v) is 5.87. The lowest BCUT2D eigenvalue weighted by Crippen LogP contribution is -2.41. The van der Waals surface area contributed by atoms with Gasteiger partial charge in [-0.2, -0.15) is 17.6 Å². The number of carbonyl (C=O) groups excluding carboxylic acids is 3. The summed E-state index contributed by atoms with van der Waals surface area (Å²) >= 11 is 0. The highest BCUT2D eigenvalue weighted by molar-refractivity contribution is 5.87. The van der Waals surface area contributed by atoms with Crippen LogP contribution in [-0.4, -0.2) is 42.8 Å². The van der Waals surface area contributed by atoms with Crippen LogP contribution in [0.2, 0.25) is 0 Å². The van der Waals surface area contributed by atoms with E-state index in [2.05, 4.69) is 4.74 Å². The zero-order valence-electron chi connectivity index (χ0n) is 14.1. The Morgan fingerprint density at radius 1 is 0.833 bits per heavy atom. The van der Waals surface area contributed by atoms with Crippen molar-refractivity contribution in [2.75, 3.05) is 13.2 Å². The molecule has 0 saturated carbocycles. The van der Waals surface area contributed by atoms with Crippen LogP contribution >= 0.6 is 0 Å². The highest BCUT2D eigenvalue weighted by Crippen LogP contribution is 2.33. The maximum absolute atomic E-state index is 13.4. The number of carbonyl (C=O) groups is 3. The van der Waals surface area contributed by atoms with E-state index in [-0.39, 0.29) is 0 Å². The quantitative estimate of drug-likeness (QED) is 0.341. The van der Waals surface area contributed by atoms with Gasteiger partial charge in [0.1, 0.15) is 13.2 Å². The molecular formula is C15H22F4O5. The number of Topliss-reactive ketones (excluding diaryl/α,β-unsaturated/α-hetero) is 1. The van der Waals surface area contributed by atoms with E-state index in [1.165, 1.54) is 0 Å². The molecule has 24 heavy (non-hydrogen) atoms. The molecule has 0 bridgehead atoms. The summed E-state index contributed by atoms with van der Waals surface area (Å²) in [5.41, 5.74) is -0.781. The highest BCUT2D eigenvalue weighted by Gasteiger charge is 2.53. The first-order valence-electron chi connectivity index (χ1n) is 7.43. The second-order valence-electron chi connectivity index (χ2n) is 5.87. The molecule has 5 nitrogen and oxygen atoms in total. The minimum Gasteiger partial charge on any atom is -0.462 e. The number of alkyl halides is 4. The molecule has 0 amide bonds.